The predicted octanol–water partition coefficient (Wildman–Crippen LogP) is 3.84. The van der Waals surface area contributed by atoms with Gasteiger partial charge in [-0.1, -0.05) is 38.0 Å². The average Bonchev–Trinajstić information content (AvgIpc) is 3.12. The summed E-state index contributed by atoms with van der Waals surface area (Å²) in [5, 5.41) is 0. The summed E-state index contributed by atoms with van der Waals surface area (Å²) in [4.78, 5) is 16.8. The lowest BCUT2D eigenvalue weighted by Gasteiger charge is -2.42. The number of anilines is 1. The van der Waals surface area contributed by atoms with Crippen LogP contribution in [0.15, 0.2) is 42.6 Å². The van der Waals surface area contributed by atoms with Crippen molar-refractivity contribution >= 4 is 11.7 Å². The maximum Gasteiger partial charge on any atom is 0.305 e. The van der Waals surface area contributed by atoms with Gasteiger partial charge in [0.1, 0.15) is 6.61 Å². The molecule has 2 aliphatic heterocycles. The minimum atomic E-state index is -0.0515. The maximum atomic E-state index is 11.8. The highest BCUT2D eigenvalue weighted by atomic mass is 16.5. The van der Waals surface area contributed by atoms with E-state index < -0.39 is 0 Å². The molecule has 2 aliphatic rings. The summed E-state index contributed by atoms with van der Waals surface area (Å²) < 4.78 is 7.84. The molecule has 1 fully saturated rings. The van der Waals surface area contributed by atoms with Crippen LogP contribution in [-0.2, 0) is 16.1 Å². The van der Waals surface area contributed by atoms with E-state index in [2.05, 4.69) is 63.9 Å². The Labute approximate surface area is 167 Å². The van der Waals surface area contributed by atoms with E-state index in [1.165, 1.54) is 16.9 Å². The van der Waals surface area contributed by atoms with E-state index in [4.69, 9.17) is 4.74 Å². The molecule has 1 saturated heterocycles. The number of benzene rings is 1. The van der Waals surface area contributed by atoms with Crippen molar-refractivity contribution < 1.29 is 9.53 Å². The number of hydrogen-bond acceptors (Lipinski definition) is 4. The van der Waals surface area contributed by atoms with Gasteiger partial charge in [0, 0.05) is 56.7 Å². The zero-order valence-corrected chi connectivity index (χ0v) is 16.8. The van der Waals surface area contributed by atoms with Gasteiger partial charge in [0.15, 0.2) is 0 Å². The largest absolute Gasteiger partial charge is 0.464 e. The first-order valence-corrected chi connectivity index (χ1v) is 10.6. The van der Waals surface area contributed by atoms with Gasteiger partial charge in [-0.05, 0) is 30.2 Å². The molecule has 0 radical (unpaired) electrons. The Balaban J connectivity index is 1.39. The molecule has 0 saturated carbocycles. The number of carbonyl (C=O) groups is 1. The van der Waals surface area contributed by atoms with Gasteiger partial charge < -0.3 is 14.2 Å². The molecule has 28 heavy (non-hydrogen) atoms. The second-order valence-electron chi connectivity index (χ2n) is 7.88. The second kappa shape index (κ2) is 8.82. The number of unbranched alkanes of at least 4 members (excludes halogenated alkanes) is 2. The number of aromatic nitrogens is 1. The number of hydrogen-bond donors (Lipinski definition) is 0. The van der Waals surface area contributed by atoms with Crippen LogP contribution in [0.5, 0.6) is 0 Å². The minimum Gasteiger partial charge on any atom is -0.464 e. The van der Waals surface area contributed by atoms with E-state index in [-0.39, 0.29) is 5.97 Å². The molecule has 1 atom stereocenters. The summed E-state index contributed by atoms with van der Waals surface area (Å²) in [5.41, 5.74) is 4.12. The minimum absolute atomic E-state index is 0.0515. The van der Waals surface area contributed by atoms with Crippen molar-refractivity contribution in [2.45, 2.75) is 45.2 Å². The van der Waals surface area contributed by atoms with Gasteiger partial charge in [-0.3, -0.25) is 9.69 Å². The normalized spacial score (nSPS) is 18.8. The van der Waals surface area contributed by atoms with E-state index >= 15 is 0 Å². The number of esters is 1. The van der Waals surface area contributed by atoms with Gasteiger partial charge in [0.25, 0.3) is 0 Å². The lowest BCUT2D eigenvalue weighted by molar-refractivity contribution is -0.144. The van der Waals surface area contributed by atoms with Gasteiger partial charge in [-0.2, -0.15) is 0 Å². The van der Waals surface area contributed by atoms with Gasteiger partial charge in [0.2, 0.25) is 0 Å². The van der Waals surface area contributed by atoms with E-state index in [9.17, 15) is 4.79 Å². The van der Waals surface area contributed by atoms with Crippen molar-refractivity contribution in [2.24, 2.45) is 0 Å². The number of piperazine rings is 1. The Morgan fingerprint density at radius 1 is 1.14 bits per heavy atom. The molecule has 0 aliphatic carbocycles. The molecule has 0 bridgehead atoms. The summed E-state index contributed by atoms with van der Waals surface area (Å²) in [7, 11) is 0. The average molecular weight is 382 g/mol. The molecule has 4 rings (SSSR count). The van der Waals surface area contributed by atoms with Crippen LogP contribution in [0.2, 0.25) is 0 Å². The molecule has 150 valence electrons. The maximum absolute atomic E-state index is 11.8. The van der Waals surface area contributed by atoms with Crippen LogP contribution in [0.3, 0.4) is 0 Å². The summed E-state index contributed by atoms with van der Waals surface area (Å²) in [5.74, 6) is -0.0515. The molecule has 1 aromatic carbocycles. The van der Waals surface area contributed by atoms with E-state index in [1.54, 1.807) is 0 Å². The fourth-order valence-electron chi connectivity index (χ4n) is 4.45. The highest BCUT2D eigenvalue weighted by molar-refractivity contribution is 5.69. The predicted molar refractivity (Wildman–Crippen MR) is 112 cm³/mol. The lowest BCUT2D eigenvalue weighted by Crippen LogP contribution is -2.49. The Morgan fingerprint density at radius 3 is 2.93 bits per heavy atom. The molecular weight excluding hydrogens is 350 g/mol. The molecule has 0 amide bonds. The second-order valence-corrected chi connectivity index (χ2v) is 7.88. The number of ether oxygens (including phenoxy) is 1. The van der Waals surface area contributed by atoms with Crippen molar-refractivity contribution in [1.82, 2.24) is 9.47 Å². The molecule has 2 aromatic rings. The third-order valence-electron chi connectivity index (χ3n) is 5.97. The van der Waals surface area contributed by atoms with E-state index in [0.29, 0.717) is 19.1 Å². The molecule has 0 spiro atoms. The molecular formula is C23H31N3O2. The Hall–Kier alpha value is -2.27. The van der Waals surface area contributed by atoms with Gasteiger partial charge in [-0.15, -0.1) is 0 Å². The van der Waals surface area contributed by atoms with Crippen LogP contribution in [0.1, 0.15) is 49.9 Å². The Kier molecular flexibility index (Phi) is 6.01. The fourth-order valence-corrected chi connectivity index (χ4v) is 4.45. The zero-order chi connectivity index (χ0) is 19.3. The van der Waals surface area contributed by atoms with Gasteiger partial charge >= 0.3 is 5.97 Å². The number of para-hydroxylation sites is 1. The van der Waals surface area contributed by atoms with Crippen LogP contribution >= 0.6 is 0 Å². The topological polar surface area (TPSA) is 37.7 Å². The Bertz CT molecular complexity index is 801. The van der Waals surface area contributed by atoms with Crippen molar-refractivity contribution in [1.29, 1.82) is 0 Å². The zero-order valence-electron chi connectivity index (χ0n) is 16.8. The van der Waals surface area contributed by atoms with E-state index in [1.807, 2.05) is 0 Å². The number of rotatable bonds is 7. The smallest absolute Gasteiger partial charge is 0.305 e. The van der Waals surface area contributed by atoms with Crippen LogP contribution in [-0.4, -0.2) is 48.2 Å². The van der Waals surface area contributed by atoms with Crippen LogP contribution < -0.4 is 4.90 Å². The van der Waals surface area contributed by atoms with E-state index in [0.717, 1.165) is 52.0 Å². The SMILES string of the molecule is CCCCCC(=O)OCCN1CCN2c3ccccc3Cn3cccc3C2C1. The van der Waals surface area contributed by atoms with Crippen molar-refractivity contribution in [2.75, 3.05) is 37.7 Å². The van der Waals surface area contributed by atoms with Crippen molar-refractivity contribution in [3.63, 3.8) is 0 Å². The third kappa shape index (κ3) is 4.09. The molecule has 0 N–H and O–H groups in total. The first-order chi connectivity index (χ1) is 13.8. The molecule has 5 nitrogen and oxygen atoms in total. The number of nitrogens with zero attached hydrogens (tertiary/aromatic N) is 3. The van der Waals surface area contributed by atoms with Crippen LogP contribution in [0.4, 0.5) is 5.69 Å². The quantitative estimate of drug-likeness (QED) is 0.540. The standard InChI is InChI=1S/C23H31N3O2/c1-2-3-4-11-23(27)28-16-15-24-13-14-26-20-9-6-5-8-19(20)17-25-12-7-10-21(25)22(26)18-24/h5-10,12,22H,2-4,11,13-18H2,1H3. The number of carbonyl (C=O) groups excluding carboxylic acids is 1. The molecule has 5 heteroatoms. The first kappa shape index (κ1) is 19.1. The molecule has 1 unspecified atom stereocenters. The first-order valence-electron chi connectivity index (χ1n) is 10.6. The highest BCUT2D eigenvalue weighted by Crippen LogP contribution is 2.36. The molecule has 1 aromatic heterocycles. The van der Waals surface area contributed by atoms with Crippen molar-refractivity contribution in [3.8, 4) is 0 Å². The van der Waals surface area contributed by atoms with Gasteiger partial charge in [0.05, 0.1) is 6.04 Å². The van der Waals surface area contributed by atoms with Crippen molar-refractivity contribution in [3.05, 3.63) is 53.9 Å². The van der Waals surface area contributed by atoms with Crippen LogP contribution in [0.25, 0.3) is 0 Å². The highest BCUT2D eigenvalue weighted by Gasteiger charge is 2.33. The van der Waals surface area contributed by atoms with Crippen LogP contribution in [0, 0.1) is 0 Å². The third-order valence-corrected chi connectivity index (χ3v) is 5.97. The monoisotopic (exact) mass is 381 g/mol. The summed E-state index contributed by atoms with van der Waals surface area (Å²) in [6.07, 6.45) is 5.90. The summed E-state index contributed by atoms with van der Waals surface area (Å²) in [6, 6.07) is 13.5. The molecule has 3 heterocycles. The van der Waals surface area contributed by atoms with Gasteiger partial charge in [-0.25, -0.2) is 0 Å². The summed E-state index contributed by atoms with van der Waals surface area (Å²) >= 11 is 0. The number of fused-ring (bicyclic) bond motifs is 5. The lowest BCUT2D eigenvalue weighted by atomic mass is 10.1. The summed E-state index contributed by atoms with van der Waals surface area (Å²) in [6.45, 7) is 7.34. The Morgan fingerprint density at radius 2 is 2.04 bits per heavy atom. The fraction of sp³-hybridized carbons (Fsp3) is 0.522.